The van der Waals surface area contributed by atoms with Gasteiger partial charge in [0.1, 0.15) is 11.2 Å². The molecule has 0 bridgehead atoms. The molecule has 0 aliphatic heterocycles. The number of para-hydroxylation sites is 2. The van der Waals surface area contributed by atoms with Gasteiger partial charge in [0.15, 0.2) is 0 Å². The van der Waals surface area contributed by atoms with Crippen LogP contribution in [0.25, 0.3) is 98.5 Å². The SMILES string of the molecule is c1ccc(-c2ccc(-c3ccc(N(c4ccc(-c5ccc(-c6ccccc6)cc5)cc4)c4ccc(-c5ccc(-c6ccc(-c7cccc8c7oc7ccccc78)cc6)s5)cc4)cc3)cc2)cc1. The van der Waals surface area contributed by atoms with Crippen molar-refractivity contribution in [2.45, 2.75) is 0 Å². The van der Waals surface area contributed by atoms with Crippen LogP contribution in [0.2, 0.25) is 0 Å². The fourth-order valence-electron chi connectivity index (χ4n) is 9.24. The van der Waals surface area contributed by atoms with Gasteiger partial charge in [-0.05, 0) is 116 Å². The molecular formula is C64H43NOS. The van der Waals surface area contributed by atoms with E-state index in [0.717, 1.165) is 50.1 Å². The monoisotopic (exact) mass is 873 g/mol. The van der Waals surface area contributed by atoms with Crippen molar-refractivity contribution in [1.82, 2.24) is 0 Å². The smallest absolute Gasteiger partial charge is 0.143 e. The summed E-state index contributed by atoms with van der Waals surface area (Å²) in [4.78, 5) is 4.81. The second kappa shape index (κ2) is 17.5. The number of anilines is 3. The summed E-state index contributed by atoms with van der Waals surface area (Å²) in [5.74, 6) is 0. The lowest BCUT2D eigenvalue weighted by Gasteiger charge is -2.26. The second-order valence-corrected chi connectivity index (χ2v) is 18.0. The summed E-state index contributed by atoms with van der Waals surface area (Å²) in [6.07, 6.45) is 0. The Morgan fingerprint density at radius 1 is 0.254 bits per heavy atom. The minimum Gasteiger partial charge on any atom is -0.455 e. The fraction of sp³-hybridized carbons (Fsp3) is 0. The Hall–Kier alpha value is -8.50. The van der Waals surface area contributed by atoms with Gasteiger partial charge >= 0.3 is 0 Å². The Labute approximate surface area is 395 Å². The first-order valence-electron chi connectivity index (χ1n) is 22.7. The highest BCUT2D eigenvalue weighted by atomic mass is 32.1. The maximum atomic E-state index is 6.35. The van der Waals surface area contributed by atoms with Crippen LogP contribution in [-0.2, 0) is 0 Å². The molecule has 0 saturated heterocycles. The number of rotatable bonds is 10. The standard InChI is InChI=1S/C64H43NOS/c1-3-10-44(11-4-1)46-18-22-48(23-19-46)50-30-36-55(37-31-50)65(56-38-32-51(33-39-56)49-24-20-47(21-25-49)45-12-5-2-6-13-45)57-40-34-54(35-41-57)63-43-42-62(67-63)53-28-26-52(27-29-53)58-15-9-16-60-59-14-7-8-17-61(59)66-64(58)60/h1-43H. The zero-order chi connectivity index (χ0) is 44.5. The molecule has 0 atom stereocenters. The maximum Gasteiger partial charge on any atom is 0.143 e. The Balaban J connectivity index is 0.823. The molecule has 0 fully saturated rings. The van der Waals surface area contributed by atoms with Crippen LogP contribution in [0.15, 0.2) is 265 Å². The molecule has 0 saturated carbocycles. The van der Waals surface area contributed by atoms with E-state index in [1.807, 2.05) is 23.5 Å². The average Bonchev–Trinajstić information content (AvgIpc) is 4.07. The van der Waals surface area contributed by atoms with Gasteiger partial charge in [-0.1, -0.05) is 206 Å². The van der Waals surface area contributed by atoms with Crippen LogP contribution in [-0.4, -0.2) is 0 Å². The van der Waals surface area contributed by atoms with Gasteiger partial charge in [0.05, 0.1) is 0 Å². The lowest BCUT2D eigenvalue weighted by Crippen LogP contribution is -2.09. The number of furan rings is 1. The van der Waals surface area contributed by atoms with Crippen molar-refractivity contribution < 1.29 is 4.42 Å². The minimum atomic E-state index is 0.916. The number of benzene rings is 10. The molecule has 10 aromatic carbocycles. The molecular weight excluding hydrogens is 831 g/mol. The summed E-state index contributed by atoms with van der Waals surface area (Å²) >= 11 is 1.82. The molecule has 67 heavy (non-hydrogen) atoms. The molecule has 0 amide bonds. The van der Waals surface area contributed by atoms with E-state index < -0.39 is 0 Å². The zero-order valence-electron chi connectivity index (χ0n) is 36.6. The van der Waals surface area contributed by atoms with Crippen molar-refractivity contribution >= 4 is 50.3 Å². The number of thiophene rings is 1. The zero-order valence-corrected chi connectivity index (χ0v) is 37.4. The third-order valence-electron chi connectivity index (χ3n) is 12.8. The van der Waals surface area contributed by atoms with Crippen LogP contribution >= 0.6 is 11.3 Å². The first-order chi connectivity index (χ1) is 33.2. The quantitative estimate of drug-likeness (QED) is 0.136. The van der Waals surface area contributed by atoms with Gasteiger partial charge in [-0.3, -0.25) is 0 Å². The first-order valence-corrected chi connectivity index (χ1v) is 23.5. The topological polar surface area (TPSA) is 16.4 Å². The van der Waals surface area contributed by atoms with Crippen LogP contribution in [0.1, 0.15) is 0 Å². The molecule has 3 heteroatoms. The molecule has 0 radical (unpaired) electrons. The van der Waals surface area contributed by atoms with E-state index >= 15 is 0 Å². The largest absolute Gasteiger partial charge is 0.455 e. The van der Waals surface area contributed by atoms with Crippen molar-refractivity contribution in [1.29, 1.82) is 0 Å². The Bertz CT molecular complexity index is 3480. The van der Waals surface area contributed by atoms with E-state index in [1.54, 1.807) is 0 Å². The Kier molecular flexibility index (Phi) is 10.4. The van der Waals surface area contributed by atoms with Crippen molar-refractivity contribution in [3.05, 3.63) is 261 Å². The molecule has 0 N–H and O–H groups in total. The number of hydrogen-bond acceptors (Lipinski definition) is 3. The van der Waals surface area contributed by atoms with Gasteiger partial charge < -0.3 is 9.32 Å². The van der Waals surface area contributed by atoms with Gasteiger partial charge in [0.2, 0.25) is 0 Å². The minimum absolute atomic E-state index is 0.916. The summed E-state index contributed by atoms with van der Waals surface area (Å²) < 4.78 is 6.35. The van der Waals surface area contributed by atoms with Crippen LogP contribution in [0, 0.1) is 0 Å². The number of nitrogens with zero attached hydrogens (tertiary/aromatic N) is 1. The van der Waals surface area contributed by atoms with E-state index in [9.17, 15) is 0 Å². The summed E-state index contributed by atoms with van der Waals surface area (Å²) in [6, 6.07) is 93.7. The lowest BCUT2D eigenvalue weighted by atomic mass is 9.99. The maximum absolute atomic E-state index is 6.35. The molecule has 0 aliphatic rings. The van der Waals surface area contributed by atoms with E-state index in [2.05, 4.69) is 254 Å². The molecule has 316 valence electrons. The molecule has 2 nitrogen and oxygen atoms in total. The average molecular weight is 874 g/mol. The molecule has 0 spiro atoms. The third kappa shape index (κ3) is 7.92. The van der Waals surface area contributed by atoms with Gasteiger partial charge in [-0.25, -0.2) is 0 Å². The van der Waals surface area contributed by atoms with Gasteiger partial charge in [-0.15, -0.1) is 11.3 Å². The van der Waals surface area contributed by atoms with Crippen LogP contribution < -0.4 is 4.90 Å². The Morgan fingerprint density at radius 3 is 1.06 bits per heavy atom. The lowest BCUT2D eigenvalue weighted by molar-refractivity contribution is 0.670. The van der Waals surface area contributed by atoms with Crippen molar-refractivity contribution in [2.24, 2.45) is 0 Å². The van der Waals surface area contributed by atoms with Gasteiger partial charge in [0.25, 0.3) is 0 Å². The van der Waals surface area contributed by atoms with Crippen LogP contribution in [0.5, 0.6) is 0 Å². The summed E-state index contributed by atoms with van der Waals surface area (Å²) in [5, 5.41) is 2.29. The normalized spacial score (nSPS) is 11.3. The van der Waals surface area contributed by atoms with Crippen molar-refractivity contribution in [3.8, 4) is 76.5 Å². The van der Waals surface area contributed by atoms with Crippen molar-refractivity contribution in [2.75, 3.05) is 4.90 Å². The van der Waals surface area contributed by atoms with Crippen LogP contribution in [0.4, 0.5) is 17.1 Å². The highest BCUT2D eigenvalue weighted by molar-refractivity contribution is 7.18. The van der Waals surface area contributed by atoms with E-state index in [-0.39, 0.29) is 0 Å². The number of fused-ring (bicyclic) bond motifs is 3. The van der Waals surface area contributed by atoms with Crippen LogP contribution in [0.3, 0.4) is 0 Å². The molecule has 2 aromatic heterocycles. The first kappa shape index (κ1) is 40.0. The summed E-state index contributed by atoms with van der Waals surface area (Å²) in [7, 11) is 0. The van der Waals surface area contributed by atoms with Gasteiger partial charge in [-0.2, -0.15) is 0 Å². The van der Waals surface area contributed by atoms with E-state index in [1.165, 1.54) is 65.4 Å². The summed E-state index contributed by atoms with van der Waals surface area (Å²) in [5.41, 5.74) is 19.4. The molecule has 0 aliphatic carbocycles. The summed E-state index contributed by atoms with van der Waals surface area (Å²) in [6.45, 7) is 0. The van der Waals surface area contributed by atoms with E-state index in [4.69, 9.17) is 4.42 Å². The second-order valence-electron chi connectivity index (χ2n) is 16.9. The molecule has 0 unspecified atom stereocenters. The van der Waals surface area contributed by atoms with Crippen molar-refractivity contribution in [3.63, 3.8) is 0 Å². The predicted molar refractivity (Wildman–Crippen MR) is 284 cm³/mol. The number of hydrogen-bond donors (Lipinski definition) is 0. The molecule has 12 rings (SSSR count). The van der Waals surface area contributed by atoms with Gasteiger partial charge in [0, 0.05) is 43.2 Å². The molecule has 12 aromatic rings. The highest BCUT2D eigenvalue weighted by Crippen LogP contribution is 2.41. The highest BCUT2D eigenvalue weighted by Gasteiger charge is 2.16. The Morgan fingerprint density at radius 2 is 0.597 bits per heavy atom. The predicted octanol–water partition coefficient (Wildman–Crippen LogP) is 18.8. The fourth-order valence-corrected chi connectivity index (χ4v) is 10.3. The van der Waals surface area contributed by atoms with E-state index in [0.29, 0.717) is 0 Å². The third-order valence-corrected chi connectivity index (χ3v) is 14.0. The molecule has 2 heterocycles.